The fourth-order valence-electron chi connectivity index (χ4n) is 3.28. The Bertz CT molecular complexity index is 813. The van der Waals surface area contributed by atoms with Crippen LogP contribution in [-0.2, 0) is 19.5 Å². The van der Waals surface area contributed by atoms with E-state index in [1.165, 1.54) is 16.7 Å². The number of benzene rings is 3. The van der Waals surface area contributed by atoms with Gasteiger partial charge in [-0.3, -0.25) is 4.90 Å². The van der Waals surface area contributed by atoms with Gasteiger partial charge in [-0.1, -0.05) is 54.6 Å². The van der Waals surface area contributed by atoms with E-state index in [1.54, 1.807) is 0 Å². The van der Waals surface area contributed by atoms with Crippen LogP contribution >= 0.6 is 0 Å². The molecule has 1 aliphatic rings. The number of nitrogens with zero attached hydrogens (tertiary/aromatic N) is 1. The minimum atomic E-state index is 0.876. The maximum absolute atomic E-state index is 5.95. The highest BCUT2D eigenvalue weighted by Gasteiger charge is 2.15. The Hall–Kier alpha value is -2.58. The van der Waals surface area contributed by atoms with Gasteiger partial charge in [0.25, 0.3) is 0 Å². The maximum atomic E-state index is 5.95. The molecule has 3 aromatic carbocycles. The Balaban J connectivity index is 1.45. The topological polar surface area (TPSA) is 12.5 Å². The summed E-state index contributed by atoms with van der Waals surface area (Å²) < 4.78 is 5.95. The van der Waals surface area contributed by atoms with Crippen LogP contribution in [0.2, 0.25) is 0 Å². The van der Waals surface area contributed by atoms with Crippen molar-refractivity contribution in [3.05, 3.63) is 95.6 Å². The molecule has 120 valence electrons. The van der Waals surface area contributed by atoms with E-state index in [-0.39, 0.29) is 0 Å². The fraction of sp³-hybridized carbons (Fsp3) is 0.182. The third kappa shape index (κ3) is 3.50. The van der Waals surface area contributed by atoms with Crippen LogP contribution in [-0.4, -0.2) is 11.4 Å². The van der Waals surface area contributed by atoms with Gasteiger partial charge in [0.2, 0.25) is 0 Å². The molecule has 1 aliphatic heterocycles. The second-order valence-corrected chi connectivity index (χ2v) is 6.29. The Morgan fingerprint density at radius 2 is 1.50 bits per heavy atom. The zero-order valence-electron chi connectivity index (χ0n) is 13.7. The first kappa shape index (κ1) is 15.0. The first-order valence-corrected chi connectivity index (χ1v) is 8.48. The molecule has 0 spiro atoms. The van der Waals surface area contributed by atoms with Crippen molar-refractivity contribution in [1.82, 2.24) is 4.90 Å². The molecule has 1 heterocycles. The lowest BCUT2D eigenvalue weighted by Crippen LogP contribution is -2.29. The zero-order chi connectivity index (χ0) is 16.2. The Morgan fingerprint density at radius 1 is 0.750 bits per heavy atom. The second-order valence-electron chi connectivity index (χ2n) is 6.29. The highest BCUT2D eigenvalue weighted by atomic mass is 16.5. The molecule has 0 aliphatic carbocycles. The smallest absolute Gasteiger partial charge is 0.127 e. The molecule has 0 N–H and O–H groups in total. The lowest BCUT2D eigenvalue weighted by molar-refractivity contribution is 0.245. The molecule has 0 bridgehead atoms. The Kier molecular flexibility index (Phi) is 4.30. The molecular weight excluding hydrogens is 294 g/mol. The summed E-state index contributed by atoms with van der Waals surface area (Å²) in [4.78, 5) is 2.50. The van der Waals surface area contributed by atoms with E-state index in [2.05, 4.69) is 47.4 Å². The molecule has 0 radical (unpaired) electrons. The summed E-state index contributed by atoms with van der Waals surface area (Å²) in [5.41, 5.74) is 4.25. The van der Waals surface area contributed by atoms with Crippen molar-refractivity contribution in [3.63, 3.8) is 0 Å². The van der Waals surface area contributed by atoms with Crippen LogP contribution in [0.15, 0.2) is 78.9 Å². The minimum absolute atomic E-state index is 0.876. The van der Waals surface area contributed by atoms with Gasteiger partial charge in [-0.15, -0.1) is 0 Å². The van der Waals surface area contributed by atoms with E-state index in [0.29, 0.717) is 0 Å². The van der Waals surface area contributed by atoms with Gasteiger partial charge in [0, 0.05) is 19.6 Å². The van der Waals surface area contributed by atoms with Gasteiger partial charge < -0.3 is 4.74 Å². The van der Waals surface area contributed by atoms with Crippen molar-refractivity contribution in [1.29, 1.82) is 0 Å². The fourth-order valence-corrected chi connectivity index (χ4v) is 3.28. The van der Waals surface area contributed by atoms with Crippen LogP contribution in [0.3, 0.4) is 0 Å². The molecule has 4 rings (SSSR count). The van der Waals surface area contributed by atoms with Crippen LogP contribution in [0.5, 0.6) is 11.5 Å². The van der Waals surface area contributed by atoms with Crippen LogP contribution in [0.1, 0.15) is 16.7 Å². The van der Waals surface area contributed by atoms with Crippen molar-refractivity contribution < 1.29 is 4.74 Å². The summed E-state index contributed by atoms with van der Waals surface area (Å²) in [6.45, 7) is 3.10. The normalized spacial score (nSPS) is 14.2. The number of ether oxygens (including phenoxy) is 1. The molecule has 3 aromatic rings. The summed E-state index contributed by atoms with van der Waals surface area (Å²) in [7, 11) is 0. The van der Waals surface area contributed by atoms with E-state index in [1.807, 2.05) is 36.4 Å². The molecule has 0 amide bonds. The summed E-state index contributed by atoms with van der Waals surface area (Å²) in [5, 5.41) is 0. The quantitative estimate of drug-likeness (QED) is 0.669. The molecule has 0 aromatic heterocycles. The van der Waals surface area contributed by atoms with E-state index in [4.69, 9.17) is 4.74 Å². The lowest BCUT2D eigenvalue weighted by Gasteiger charge is -2.28. The van der Waals surface area contributed by atoms with Gasteiger partial charge in [0.15, 0.2) is 0 Å². The van der Waals surface area contributed by atoms with E-state index in [0.717, 1.165) is 37.6 Å². The third-order valence-corrected chi connectivity index (χ3v) is 4.49. The van der Waals surface area contributed by atoms with Crippen molar-refractivity contribution >= 4 is 0 Å². The average Bonchev–Trinajstić information content (AvgIpc) is 2.63. The highest BCUT2D eigenvalue weighted by Crippen LogP contribution is 2.24. The second kappa shape index (κ2) is 6.90. The monoisotopic (exact) mass is 315 g/mol. The molecule has 24 heavy (non-hydrogen) atoms. The van der Waals surface area contributed by atoms with Crippen molar-refractivity contribution in [3.8, 4) is 11.5 Å². The standard InChI is InChI=1S/C22H21NO/c1-2-10-21(11-3-1)24-22-12-6-7-18(15-22)16-23-14-13-19-8-4-5-9-20(19)17-23/h1-12,15H,13-14,16-17H2. The van der Waals surface area contributed by atoms with Gasteiger partial charge in [0.05, 0.1) is 0 Å². The highest BCUT2D eigenvalue weighted by molar-refractivity contribution is 5.34. The van der Waals surface area contributed by atoms with E-state index >= 15 is 0 Å². The number of rotatable bonds is 4. The number of hydrogen-bond acceptors (Lipinski definition) is 2. The molecule has 0 fully saturated rings. The average molecular weight is 315 g/mol. The van der Waals surface area contributed by atoms with Crippen molar-refractivity contribution in [2.75, 3.05) is 6.54 Å². The summed E-state index contributed by atoms with van der Waals surface area (Å²) in [6, 6.07) is 27.1. The zero-order valence-corrected chi connectivity index (χ0v) is 13.7. The van der Waals surface area contributed by atoms with Gasteiger partial charge >= 0.3 is 0 Å². The molecular formula is C22H21NO. The van der Waals surface area contributed by atoms with E-state index < -0.39 is 0 Å². The maximum Gasteiger partial charge on any atom is 0.127 e. The molecule has 0 atom stereocenters. The van der Waals surface area contributed by atoms with Gasteiger partial charge in [0.1, 0.15) is 11.5 Å². The SMILES string of the molecule is c1ccc(Oc2cccc(CN3CCc4ccccc4C3)c2)cc1. The predicted molar refractivity (Wildman–Crippen MR) is 97.2 cm³/mol. The molecule has 0 saturated heterocycles. The van der Waals surface area contributed by atoms with Gasteiger partial charge in [-0.05, 0) is 47.4 Å². The van der Waals surface area contributed by atoms with Gasteiger partial charge in [-0.2, -0.15) is 0 Å². The molecule has 0 unspecified atom stereocenters. The Morgan fingerprint density at radius 3 is 2.38 bits per heavy atom. The first-order chi connectivity index (χ1) is 11.9. The minimum Gasteiger partial charge on any atom is -0.457 e. The van der Waals surface area contributed by atoms with Crippen LogP contribution in [0.4, 0.5) is 0 Å². The van der Waals surface area contributed by atoms with Gasteiger partial charge in [-0.25, -0.2) is 0 Å². The summed E-state index contributed by atoms with van der Waals surface area (Å²) >= 11 is 0. The number of fused-ring (bicyclic) bond motifs is 1. The summed E-state index contributed by atoms with van der Waals surface area (Å²) in [6.07, 6.45) is 1.14. The predicted octanol–water partition coefficient (Wildman–Crippen LogP) is 5.04. The Labute approximate surface area is 143 Å². The molecule has 0 saturated carbocycles. The van der Waals surface area contributed by atoms with Crippen LogP contribution in [0, 0.1) is 0 Å². The molecule has 2 nitrogen and oxygen atoms in total. The lowest BCUT2D eigenvalue weighted by atomic mass is 9.99. The summed E-state index contributed by atoms with van der Waals surface area (Å²) in [5.74, 6) is 1.78. The van der Waals surface area contributed by atoms with Crippen molar-refractivity contribution in [2.45, 2.75) is 19.5 Å². The van der Waals surface area contributed by atoms with Crippen molar-refractivity contribution in [2.24, 2.45) is 0 Å². The number of para-hydroxylation sites is 1. The molecule has 2 heteroatoms. The first-order valence-electron chi connectivity index (χ1n) is 8.48. The van der Waals surface area contributed by atoms with E-state index in [9.17, 15) is 0 Å². The van der Waals surface area contributed by atoms with Crippen LogP contribution < -0.4 is 4.74 Å². The van der Waals surface area contributed by atoms with Crippen LogP contribution in [0.25, 0.3) is 0 Å². The largest absolute Gasteiger partial charge is 0.457 e. The third-order valence-electron chi connectivity index (χ3n) is 4.49. The number of hydrogen-bond donors (Lipinski definition) is 0.